The highest BCUT2D eigenvalue weighted by atomic mass is 16.1. The second-order valence-electron chi connectivity index (χ2n) is 4.58. The van der Waals surface area contributed by atoms with Gasteiger partial charge in [0.25, 0.3) is 0 Å². The Bertz CT molecular complexity index is 359. The number of nitrogens with zero attached hydrogens (tertiary/aromatic N) is 3. The standard InChI is InChI=1S/C12H22N4O/c1-4-5-10(7-13)11(17)6-12-14-8-15-16(12)9(2)3/h8-10H,4-7,13H2,1-3H3. The van der Waals surface area contributed by atoms with Gasteiger partial charge in [0.15, 0.2) is 0 Å². The summed E-state index contributed by atoms with van der Waals surface area (Å²) >= 11 is 0. The predicted molar refractivity (Wildman–Crippen MR) is 66.6 cm³/mol. The lowest BCUT2D eigenvalue weighted by molar-refractivity contribution is -0.122. The van der Waals surface area contributed by atoms with Gasteiger partial charge in [-0.3, -0.25) is 4.79 Å². The van der Waals surface area contributed by atoms with E-state index < -0.39 is 0 Å². The van der Waals surface area contributed by atoms with Crippen LogP contribution in [0.15, 0.2) is 6.33 Å². The third kappa shape index (κ3) is 3.63. The highest BCUT2D eigenvalue weighted by Gasteiger charge is 2.19. The summed E-state index contributed by atoms with van der Waals surface area (Å²) in [5, 5.41) is 4.12. The number of carbonyl (C=O) groups excluding carboxylic acids is 1. The first kappa shape index (κ1) is 13.8. The Morgan fingerprint density at radius 2 is 2.24 bits per heavy atom. The fourth-order valence-electron chi connectivity index (χ4n) is 1.89. The van der Waals surface area contributed by atoms with Gasteiger partial charge < -0.3 is 5.73 Å². The summed E-state index contributed by atoms with van der Waals surface area (Å²) in [6, 6.07) is 0.225. The third-order valence-electron chi connectivity index (χ3n) is 2.85. The molecule has 0 saturated carbocycles. The molecule has 96 valence electrons. The van der Waals surface area contributed by atoms with Gasteiger partial charge in [-0.2, -0.15) is 5.10 Å². The van der Waals surface area contributed by atoms with Crippen molar-refractivity contribution in [3.05, 3.63) is 12.2 Å². The van der Waals surface area contributed by atoms with Crippen molar-refractivity contribution in [1.82, 2.24) is 14.8 Å². The minimum absolute atomic E-state index is 0.0442. The van der Waals surface area contributed by atoms with Crippen LogP contribution in [0.4, 0.5) is 0 Å². The summed E-state index contributed by atoms with van der Waals surface area (Å²) < 4.78 is 1.79. The van der Waals surface area contributed by atoms with Gasteiger partial charge in [0.1, 0.15) is 17.9 Å². The molecule has 0 bridgehead atoms. The molecule has 5 nitrogen and oxygen atoms in total. The van der Waals surface area contributed by atoms with E-state index in [9.17, 15) is 4.79 Å². The highest BCUT2D eigenvalue weighted by molar-refractivity contribution is 5.82. The summed E-state index contributed by atoms with van der Waals surface area (Å²) in [5.74, 6) is 0.862. The van der Waals surface area contributed by atoms with E-state index in [1.165, 1.54) is 6.33 Å². The van der Waals surface area contributed by atoms with Crippen molar-refractivity contribution < 1.29 is 4.79 Å². The maximum absolute atomic E-state index is 12.0. The number of Topliss-reactive ketones (excluding diaryl/α,β-unsaturated/α-hetero) is 1. The summed E-state index contributed by atoms with van der Waals surface area (Å²) in [5.41, 5.74) is 5.62. The molecule has 17 heavy (non-hydrogen) atoms. The van der Waals surface area contributed by atoms with Crippen molar-refractivity contribution in [3.8, 4) is 0 Å². The van der Waals surface area contributed by atoms with Gasteiger partial charge in [-0.15, -0.1) is 0 Å². The Morgan fingerprint density at radius 1 is 1.53 bits per heavy atom. The Hall–Kier alpha value is -1.23. The van der Waals surface area contributed by atoms with Crippen LogP contribution in [0.1, 0.15) is 45.5 Å². The fraction of sp³-hybridized carbons (Fsp3) is 0.750. The average molecular weight is 238 g/mol. The lowest BCUT2D eigenvalue weighted by atomic mass is 9.96. The molecule has 0 aliphatic carbocycles. The van der Waals surface area contributed by atoms with E-state index in [1.54, 1.807) is 4.68 Å². The van der Waals surface area contributed by atoms with Crippen molar-refractivity contribution in [1.29, 1.82) is 0 Å². The first-order valence-electron chi connectivity index (χ1n) is 6.21. The molecule has 1 heterocycles. The molecular formula is C12H22N4O. The van der Waals surface area contributed by atoms with Gasteiger partial charge >= 0.3 is 0 Å². The molecule has 1 aromatic rings. The zero-order valence-corrected chi connectivity index (χ0v) is 10.9. The van der Waals surface area contributed by atoms with Gasteiger partial charge in [0, 0.05) is 18.5 Å². The summed E-state index contributed by atoms with van der Waals surface area (Å²) in [6.07, 6.45) is 3.66. The second kappa shape index (κ2) is 6.49. The van der Waals surface area contributed by atoms with Crippen LogP contribution in [0.5, 0.6) is 0 Å². The minimum Gasteiger partial charge on any atom is -0.330 e. The van der Waals surface area contributed by atoms with Crippen molar-refractivity contribution in [2.75, 3.05) is 6.54 Å². The largest absolute Gasteiger partial charge is 0.330 e. The Labute approximate surface area is 102 Å². The van der Waals surface area contributed by atoms with Gasteiger partial charge in [0.05, 0.1) is 6.42 Å². The van der Waals surface area contributed by atoms with E-state index >= 15 is 0 Å². The van der Waals surface area contributed by atoms with E-state index in [4.69, 9.17) is 5.73 Å². The number of ketones is 1. The van der Waals surface area contributed by atoms with Crippen LogP contribution >= 0.6 is 0 Å². The van der Waals surface area contributed by atoms with E-state index in [-0.39, 0.29) is 17.7 Å². The molecule has 1 unspecified atom stereocenters. The maximum atomic E-state index is 12.0. The van der Waals surface area contributed by atoms with Crippen molar-refractivity contribution in [3.63, 3.8) is 0 Å². The Kier molecular flexibility index (Phi) is 5.28. The van der Waals surface area contributed by atoms with E-state index in [0.29, 0.717) is 13.0 Å². The molecule has 2 N–H and O–H groups in total. The first-order valence-corrected chi connectivity index (χ1v) is 6.21. The number of rotatable bonds is 7. The van der Waals surface area contributed by atoms with Gasteiger partial charge in [-0.25, -0.2) is 9.67 Å². The number of aromatic nitrogens is 3. The second-order valence-corrected chi connectivity index (χ2v) is 4.58. The van der Waals surface area contributed by atoms with E-state index in [1.807, 2.05) is 13.8 Å². The smallest absolute Gasteiger partial charge is 0.144 e. The fourth-order valence-corrected chi connectivity index (χ4v) is 1.89. The molecule has 0 spiro atoms. The van der Waals surface area contributed by atoms with Gasteiger partial charge in [0.2, 0.25) is 0 Å². The molecule has 0 aliphatic heterocycles. The van der Waals surface area contributed by atoms with Crippen molar-refractivity contribution in [2.45, 2.75) is 46.1 Å². The topological polar surface area (TPSA) is 73.8 Å². The number of carbonyl (C=O) groups is 1. The number of hydrogen-bond donors (Lipinski definition) is 1. The van der Waals surface area contributed by atoms with Gasteiger partial charge in [-0.1, -0.05) is 13.3 Å². The van der Waals surface area contributed by atoms with Crippen molar-refractivity contribution >= 4 is 5.78 Å². The molecule has 1 aromatic heterocycles. The maximum Gasteiger partial charge on any atom is 0.144 e. The Morgan fingerprint density at radius 3 is 2.76 bits per heavy atom. The molecular weight excluding hydrogens is 216 g/mol. The summed E-state index contributed by atoms with van der Waals surface area (Å²) in [7, 11) is 0. The predicted octanol–water partition coefficient (Wildman–Crippen LogP) is 1.35. The van der Waals surface area contributed by atoms with Crippen LogP contribution in [0, 0.1) is 5.92 Å². The lowest BCUT2D eigenvalue weighted by Crippen LogP contribution is -2.26. The quantitative estimate of drug-likeness (QED) is 0.778. The first-order chi connectivity index (χ1) is 8.10. The number of hydrogen-bond acceptors (Lipinski definition) is 4. The molecule has 0 fully saturated rings. The molecule has 5 heteroatoms. The molecule has 0 radical (unpaired) electrons. The van der Waals surface area contributed by atoms with Crippen LogP contribution in [0.2, 0.25) is 0 Å². The monoisotopic (exact) mass is 238 g/mol. The molecule has 0 aliphatic rings. The molecule has 0 saturated heterocycles. The summed E-state index contributed by atoms with van der Waals surface area (Å²) in [4.78, 5) is 16.2. The molecule has 0 amide bonds. The van der Waals surface area contributed by atoms with E-state index in [0.717, 1.165) is 18.7 Å². The third-order valence-corrected chi connectivity index (χ3v) is 2.85. The molecule has 1 atom stereocenters. The average Bonchev–Trinajstić information content (AvgIpc) is 2.73. The van der Waals surface area contributed by atoms with Crippen LogP contribution in [-0.2, 0) is 11.2 Å². The van der Waals surface area contributed by atoms with Crippen LogP contribution in [0.3, 0.4) is 0 Å². The van der Waals surface area contributed by atoms with Crippen LogP contribution < -0.4 is 5.73 Å². The normalized spacial score (nSPS) is 13.0. The zero-order chi connectivity index (χ0) is 12.8. The van der Waals surface area contributed by atoms with Crippen LogP contribution in [-0.4, -0.2) is 27.1 Å². The summed E-state index contributed by atoms with van der Waals surface area (Å²) in [6.45, 7) is 6.53. The van der Waals surface area contributed by atoms with Gasteiger partial charge in [-0.05, 0) is 20.3 Å². The lowest BCUT2D eigenvalue weighted by Gasteiger charge is -2.13. The minimum atomic E-state index is -0.0442. The number of nitrogens with two attached hydrogens (primary N) is 1. The highest BCUT2D eigenvalue weighted by Crippen LogP contribution is 2.11. The SMILES string of the molecule is CCCC(CN)C(=O)Cc1ncnn1C(C)C. The Balaban J connectivity index is 2.69. The van der Waals surface area contributed by atoms with Crippen molar-refractivity contribution in [2.24, 2.45) is 11.7 Å². The van der Waals surface area contributed by atoms with Crippen LogP contribution in [0.25, 0.3) is 0 Å². The molecule has 1 rings (SSSR count). The zero-order valence-electron chi connectivity index (χ0n) is 10.9. The molecule has 0 aromatic carbocycles. The van der Waals surface area contributed by atoms with E-state index in [2.05, 4.69) is 17.0 Å².